The first kappa shape index (κ1) is 17.1. The zero-order chi connectivity index (χ0) is 15.7. The summed E-state index contributed by atoms with van der Waals surface area (Å²) in [5, 5.41) is 0.722. The lowest BCUT2D eigenvalue weighted by atomic mass is 10.4. The van der Waals surface area contributed by atoms with E-state index in [9.17, 15) is 26.4 Å². The van der Waals surface area contributed by atoms with E-state index in [0.717, 1.165) is 5.38 Å². The summed E-state index contributed by atoms with van der Waals surface area (Å²) in [7, 11) is 0.426. The SMILES string of the molecule is CC(C)OC(=O)c1scc(OC(F)(F)F)c1S(=O)(=O)Cl. The van der Waals surface area contributed by atoms with Crippen molar-refractivity contribution in [2.75, 3.05) is 0 Å². The average Bonchev–Trinajstić information content (AvgIpc) is 2.56. The van der Waals surface area contributed by atoms with Crippen LogP contribution in [0.25, 0.3) is 0 Å². The van der Waals surface area contributed by atoms with Crippen LogP contribution in [0.5, 0.6) is 5.75 Å². The van der Waals surface area contributed by atoms with Crippen molar-refractivity contribution in [3.8, 4) is 5.75 Å². The van der Waals surface area contributed by atoms with E-state index in [1.54, 1.807) is 0 Å². The minimum absolute atomic E-state index is 0.431. The van der Waals surface area contributed by atoms with E-state index in [1.807, 2.05) is 0 Å². The maximum absolute atomic E-state index is 12.2. The van der Waals surface area contributed by atoms with Gasteiger partial charge in [-0.05, 0) is 13.8 Å². The first-order valence-electron chi connectivity index (χ1n) is 4.94. The summed E-state index contributed by atoms with van der Waals surface area (Å²) in [6.07, 6.45) is -5.70. The van der Waals surface area contributed by atoms with Crippen LogP contribution in [0.2, 0.25) is 0 Å². The Hall–Kier alpha value is -1.00. The Morgan fingerprint density at radius 3 is 2.35 bits per heavy atom. The van der Waals surface area contributed by atoms with Gasteiger partial charge in [-0.25, -0.2) is 13.2 Å². The van der Waals surface area contributed by atoms with Gasteiger partial charge < -0.3 is 9.47 Å². The summed E-state index contributed by atoms with van der Waals surface area (Å²) in [6, 6.07) is 0. The van der Waals surface area contributed by atoms with Gasteiger partial charge in [0.15, 0.2) is 10.6 Å². The first-order valence-corrected chi connectivity index (χ1v) is 8.13. The molecule has 0 aliphatic rings. The molecule has 0 saturated carbocycles. The molecule has 11 heteroatoms. The predicted octanol–water partition coefficient (Wildman–Crippen LogP) is 3.14. The van der Waals surface area contributed by atoms with Crippen LogP contribution in [0, 0.1) is 0 Å². The van der Waals surface area contributed by atoms with Gasteiger partial charge in [0.1, 0.15) is 4.88 Å². The van der Waals surface area contributed by atoms with Gasteiger partial charge in [-0.1, -0.05) is 0 Å². The Morgan fingerprint density at radius 1 is 1.40 bits per heavy atom. The molecule has 0 aliphatic carbocycles. The van der Waals surface area contributed by atoms with Crippen molar-refractivity contribution < 1.29 is 35.9 Å². The second-order valence-electron chi connectivity index (χ2n) is 3.70. The number of halogens is 4. The van der Waals surface area contributed by atoms with Crippen molar-refractivity contribution in [1.29, 1.82) is 0 Å². The van der Waals surface area contributed by atoms with Crippen LogP contribution in [-0.4, -0.2) is 26.9 Å². The highest BCUT2D eigenvalue weighted by atomic mass is 35.7. The minimum Gasteiger partial charge on any atom is -0.459 e. The van der Waals surface area contributed by atoms with Gasteiger partial charge in [0.2, 0.25) is 0 Å². The normalized spacial score (nSPS) is 12.6. The van der Waals surface area contributed by atoms with E-state index < -0.39 is 43.0 Å². The lowest BCUT2D eigenvalue weighted by Gasteiger charge is -2.10. The maximum Gasteiger partial charge on any atom is 0.573 e. The average molecular weight is 353 g/mol. The van der Waals surface area contributed by atoms with Crippen molar-refractivity contribution in [1.82, 2.24) is 0 Å². The van der Waals surface area contributed by atoms with Gasteiger partial charge in [-0.2, -0.15) is 0 Å². The fourth-order valence-corrected chi connectivity index (χ4v) is 3.70. The van der Waals surface area contributed by atoms with E-state index in [2.05, 4.69) is 4.74 Å². The fourth-order valence-electron chi connectivity index (χ4n) is 1.17. The van der Waals surface area contributed by atoms with Crippen LogP contribution in [-0.2, 0) is 13.8 Å². The number of rotatable bonds is 4. The van der Waals surface area contributed by atoms with Crippen LogP contribution in [0.4, 0.5) is 13.2 Å². The van der Waals surface area contributed by atoms with E-state index in [0.29, 0.717) is 11.3 Å². The largest absolute Gasteiger partial charge is 0.573 e. The zero-order valence-electron chi connectivity index (χ0n) is 10.0. The minimum atomic E-state index is -5.11. The van der Waals surface area contributed by atoms with Crippen molar-refractivity contribution in [2.24, 2.45) is 0 Å². The highest BCUT2D eigenvalue weighted by Gasteiger charge is 2.37. The van der Waals surface area contributed by atoms with Gasteiger partial charge in [-0.15, -0.1) is 24.5 Å². The quantitative estimate of drug-likeness (QED) is 0.615. The summed E-state index contributed by atoms with van der Waals surface area (Å²) in [4.78, 5) is 10.0. The molecule has 1 heterocycles. The molecular formula is C9H8ClF3O5S2. The Bertz CT molecular complexity index is 606. The lowest BCUT2D eigenvalue weighted by molar-refractivity contribution is -0.275. The lowest BCUT2D eigenvalue weighted by Crippen LogP contribution is -2.18. The molecule has 0 N–H and O–H groups in total. The third-order valence-corrected chi connectivity index (χ3v) is 4.13. The molecule has 0 unspecified atom stereocenters. The molecule has 0 fully saturated rings. The Morgan fingerprint density at radius 2 is 1.95 bits per heavy atom. The third kappa shape index (κ3) is 4.53. The molecule has 0 aromatic carbocycles. The van der Waals surface area contributed by atoms with Crippen molar-refractivity contribution >= 4 is 37.0 Å². The van der Waals surface area contributed by atoms with Crippen LogP contribution in [0.3, 0.4) is 0 Å². The standard InChI is InChI=1S/C9H8ClF3O5S2/c1-4(2)17-8(14)6-7(20(10,15)16)5(3-19-6)18-9(11,12)13/h3-4H,1-2H3. The summed E-state index contributed by atoms with van der Waals surface area (Å²) in [6.45, 7) is 2.99. The summed E-state index contributed by atoms with van der Waals surface area (Å²) in [5.41, 5.74) is 0. The number of carbonyl (C=O) groups excluding carboxylic acids is 1. The molecule has 1 rings (SSSR count). The predicted molar refractivity (Wildman–Crippen MR) is 64.6 cm³/mol. The second-order valence-corrected chi connectivity index (χ2v) is 7.08. The summed E-state index contributed by atoms with van der Waals surface area (Å²) >= 11 is 0.431. The molecule has 1 aromatic rings. The maximum atomic E-state index is 12.2. The van der Waals surface area contributed by atoms with Gasteiger partial charge >= 0.3 is 12.3 Å². The topological polar surface area (TPSA) is 69.7 Å². The number of hydrogen-bond acceptors (Lipinski definition) is 6. The van der Waals surface area contributed by atoms with Crippen LogP contribution < -0.4 is 4.74 Å². The van der Waals surface area contributed by atoms with Crippen LogP contribution >= 0.6 is 22.0 Å². The van der Waals surface area contributed by atoms with Crippen LogP contribution in [0.1, 0.15) is 23.5 Å². The molecule has 0 atom stereocenters. The van der Waals surface area contributed by atoms with Gasteiger partial charge in [0, 0.05) is 16.1 Å². The highest BCUT2D eigenvalue weighted by molar-refractivity contribution is 8.14. The number of alkyl halides is 3. The van der Waals surface area contributed by atoms with Gasteiger partial charge in [0.05, 0.1) is 6.10 Å². The summed E-state index contributed by atoms with van der Waals surface area (Å²) in [5.74, 6) is -2.16. The molecule has 0 spiro atoms. The number of thiophene rings is 1. The molecule has 114 valence electrons. The Labute approximate surface area is 120 Å². The van der Waals surface area contributed by atoms with Crippen LogP contribution in [0.15, 0.2) is 10.3 Å². The Balaban J connectivity index is 3.31. The molecule has 1 aromatic heterocycles. The highest BCUT2D eigenvalue weighted by Crippen LogP contribution is 2.39. The summed E-state index contributed by atoms with van der Waals surface area (Å²) < 4.78 is 67.4. The van der Waals surface area contributed by atoms with E-state index in [1.165, 1.54) is 13.8 Å². The number of hydrogen-bond donors (Lipinski definition) is 0. The third-order valence-electron chi connectivity index (χ3n) is 1.71. The van der Waals surface area contributed by atoms with Crippen molar-refractivity contribution in [2.45, 2.75) is 31.2 Å². The molecular weight excluding hydrogens is 345 g/mol. The molecule has 5 nitrogen and oxygen atoms in total. The molecule has 0 radical (unpaired) electrons. The zero-order valence-corrected chi connectivity index (χ0v) is 12.4. The molecule has 0 aliphatic heterocycles. The van der Waals surface area contributed by atoms with E-state index in [-0.39, 0.29) is 0 Å². The van der Waals surface area contributed by atoms with E-state index >= 15 is 0 Å². The number of carbonyl (C=O) groups is 1. The monoisotopic (exact) mass is 352 g/mol. The molecule has 0 bridgehead atoms. The van der Waals surface area contributed by atoms with Crippen molar-refractivity contribution in [3.05, 3.63) is 10.3 Å². The molecule has 20 heavy (non-hydrogen) atoms. The van der Waals surface area contributed by atoms with E-state index in [4.69, 9.17) is 15.4 Å². The smallest absolute Gasteiger partial charge is 0.459 e. The molecule has 0 saturated heterocycles. The van der Waals surface area contributed by atoms with Crippen molar-refractivity contribution in [3.63, 3.8) is 0 Å². The molecule has 0 amide bonds. The first-order chi connectivity index (χ1) is 8.92. The number of esters is 1. The Kier molecular flexibility index (Phi) is 4.93. The number of ether oxygens (including phenoxy) is 2. The second kappa shape index (κ2) is 5.78. The van der Waals surface area contributed by atoms with Gasteiger partial charge in [0.25, 0.3) is 9.05 Å². The van der Waals surface area contributed by atoms with Gasteiger partial charge in [-0.3, -0.25) is 0 Å². The fraction of sp³-hybridized carbons (Fsp3) is 0.444.